The maximum Gasteiger partial charge on any atom is 0.397 e. The van der Waals surface area contributed by atoms with Crippen LogP contribution in [0.3, 0.4) is 0 Å². The van der Waals surface area contributed by atoms with Crippen molar-refractivity contribution in [3.63, 3.8) is 0 Å². The van der Waals surface area contributed by atoms with Gasteiger partial charge in [-0.3, -0.25) is 8.74 Å². The van der Waals surface area contributed by atoms with Gasteiger partial charge in [0.2, 0.25) is 0 Å². The van der Waals surface area contributed by atoms with E-state index in [-0.39, 0.29) is 0 Å². The molecule has 0 rings (SSSR count). The SMILES string of the molecule is O=S([O-])OCC(F)(F)C(F)(F)C(F)(F)COS(=O)(=O)O. The maximum atomic E-state index is 12.9. The summed E-state index contributed by atoms with van der Waals surface area (Å²) in [5.74, 6) is -17.6. The van der Waals surface area contributed by atoms with Crippen LogP contribution in [0.2, 0.25) is 0 Å². The van der Waals surface area contributed by atoms with Crippen LogP contribution < -0.4 is 0 Å². The van der Waals surface area contributed by atoms with E-state index in [1.54, 1.807) is 0 Å². The lowest BCUT2D eigenvalue weighted by molar-refractivity contribution is -0.319. The van der Waals surface area contributed by atoms with Crippen LogP contribution in [-0.4, -0.2) is 52.7 Å². The lowest BCUT2D eigenvalue weighted by Crippen LogP contribution is -2.58. The monoisotopic (exact) mass is 355 g/mol. The van der Waals surface area contributed by atoms with Crippen molar-refractivity contribution in [1.29, 1.82) is 0 Å². The topological polar surface area (TPSA) is 113 Å². The molecule has 15 heteroatoms. The van der Waals surface area contributed by atoms with Crippen molar-refractivity contribution in [2.75, 3.05) is 13.2 Å². The van der Waals surface area contributed by atoms with Gasteiger partial charge in [-0.2, -0.15) is 34.8 Å². The fourth-order valence-electron chi connectivity index (χ4n) is 0.719. The van der Waals surface area contributed by atoms with Gasteiger partial charge >= 0.3 is 28.2 Å². The number of alkyl halides is 6. The van der Waals surface area contributed by atoms with E-state index in [9.17, 15) is 43.5 Å². The fourth-order valence-corrected chi connectivity index (χ4v) is 1.26. The molecule has 0 saturated carbocycles. The van der Waals surface area contributed by atoms with Crippen LogP contribution in [0.25, 0.3) is 0 Å². The highest BCUT2D eigenvalue weighted by Crippen LogP contribution is 2.46. The zero-order valence-corrected chi connectivity index (χ0v) is 10.5. The van der Waals surface area contributed by atoms with Crippen LogP contribution in [-0.2, 0) is 30.1 Å². The second-order valence-corrected chi connectivity index (χ2v) is 4.87. The predicted molar refractivity (Wildman–Crippen MR) is 47.2 cm³/mol. The van der Waals surface area contributed by atoms with Crippen molar-refractivity contribution >= 4 is 21.8 Å². The molecule has 7 nitrogen and oxygen atoms in total. The van der Waals surface area contributed by atoms with Crippen molar-refractivity contribution < 1.29 is 56.4 Å². The molecule has 0 fully saturated rings. The first-order valence-electron chi connectivity index (χ1n) is 4.10. The van der Waals surface area contributed by atoms with E-state index in [1.807, 2.05) is 0 Å². The molecule has 0 heterocycles. The summed E-state index contributed by atoms with van der Waals surface area (Å²) in [5, 5.41) is 0. The van der Waals surface area contributed by atoms with Crippen molar-refractivity contribution in [3.05, 3.63) is 0 Å². The highest BCUT2D eigenvalue weighted by Gasteiger charge is 2.72. The molecule has 1 unspecified atom stereocenters. The van der Waals surface area contributed by atoms with Gasteiger partial charge in [0.15, 0.2) is 0 Å². The molecular formula is C5H5F6O7S2-. The Balaban J connectivity index is 5.10. The Morgan fingerprint density at radius 1 is 1.05 bits per heavy atom. The second kappa shape index (κ2) is 6.10. The van der Waals surface area contributed by atoms with Gasteiger partial charge in [0.25, 0.3) is 0 Å². The Hall–Kier alpha value is -0.480. The lowest BCUT2D eigenvalue weighted by atomic mass is 10.1. The molecule has 0 aromatic heterocycles. The van der Waals surface area contributed by atoms with Crippen LogP contribution in [0.15, 0.2) is 0 Å². The van der Waals surface area contributed by atoms with Gasteiger partial charge in [-0.05, 0) is 0 Å². The molecule has 0 radical (unpaired) electrons. The van der Waals surface area contributed by atoms with Gasteiger partial charge in [-0.15, -0.1) is 0 Å². The standard InChI is InChI=1S/C5H6F6O7S2/c6-3(7,1-17-19(12)13)5(10,11)4(8,9)2-18-20(14,15)16/h1-2H2,(H,12,13)(H,14,15,16)/p-1. The number of halogens is 6. The maximum absolute atomic E-state index is 12.9. The minimum atomic E-state index is -6.22. The average Bonchev–Trinajstić information content (AvgIpc) is 2.22. The molecule has 0 amide bonds. The summed E-state index contributed by atoms with van der Waals surface area (Å²) in [7, 11) is -5.58. The van der Waals surface area contributed by atoms with Gasteiger partial charge < -0.3 is 4.55 Å². The van der Waals surface area contributed by atoms with Crippen molar-refractivity contribution in [3.8, 4) is 0 Å². The van der Waals surface area contributed by atoms with E-state index in [4.69, 9.17) is 4.55 Å². The number of hydrogen-bond acceptors (Lipinski definition) is 6. The van der Waals surface area contributed by atoms with E-state index in [1.165, 1.54) is 0 Å². The Morgan fingerprint density at radius 2 is 1.45 bits per heavy atom. The van der Waals surface area contributed by atoms with Crippen LogP contribution >= 0.6 is 0 Å². The predicted octanol–water partition coefficient (Wildman–Crippen LogP) is 0.522. The summed E-state index contributed by atoms with van der Waals surface area (Å²) in [4.78, 5) is 0. The highest BCUT2D eigenvalue weighted by atomic mass is 32.3. The second-order valence-electron chi connectivity index (χ2n) is 3.14. The molecule has 0 aliphatic carbocycles. The Bertz CT molecular complexity index is 462. The fraction of sp³-hybridized carbons (Fsp3) is 1.00. The molecule has 20 heavy (non-hydrogen) atoms. The highest BCUT2D eigenvalue weighted by molar-refractivity contribution is 7.80. The van der Waals surface area contributed by atoms with E-state index in [0.29, 0.717) is 0 Å². The van der Waals surface area contributed by atoms with Gasteiger partial charge in [0, 0.05) is 0 Å². The van der Waals surface area contributed by atoms with Gasteiger partial charge in [0.1, 0.15) is 13.2 Å². The Kier molecular flexibility index (Phi) is 5.96. The summed E-state index contributed by atoms with van der Waals surface area (Å²) in [5.41, 5.74) is 0. The molecule has 0 spiro atoms. The summed E-state index contributed by atoms with van der Waals surface area (Å²) < 4.78 is 130. The quantitative estimate of drug-likeness (QED) is 0.384. The molecular weight excluding hydrogens is 350 g/mol. The number of hydrogen-bond donors (Lipinski definition) is 1. The molecule has 0 bridgehead atoms. The van der Waals surface area contributed by atoms with Crippen LogP contribution in [0, 0.1) is 0 Å². The zero-order valence-electron chi connectivity index (χ0n) is 8.90. The van der Waals surface area contributed by atoms with E-state index in [2.05, 4.69) is 8.37 Å². The zero-order chi connectivity index (χ0) is 16.4. The third-order valence-electron chi connectivity index (χ3n) is 1.64. The summed E-state index contributed by atoms with van der Waals surface area (Å²) >= 11 is -3.67. The van der Waals surface area contributed by atoms with Gasteiger partial charge in [0.05, 0.1) is 11.4 Å². The summed E-state index contributed by atoms with van der Waals surface area (Å²) in [6.07, 6.45) is 0. The molecule has 122 valence electrons. The first-order chi connectivity index (χ1) is 8.62. The molecule has 0 aliphatic rings. The largest absolute Gasteiger partial charge is 0.750 e. The van der Waals surface area contributed by atoms with Crippen molar-refractivity contribution in [2.24, 2.45) is 0 Å². The van der Waals surface area contributed by atoms with Gasteiger partial charge in [-0.25, -0.2) is 8.39 Å². The third kappa shape index (κ3) is 5.13. The molecule has 0 aromatic rings. The van der Waals surface area contributed by atoms with Crippen molar-refractivity contribution in [2.45, 2.75) is 17.8 Å². The minimum absolute atomic E-state index is 2.61. The Morgan fingerprint density at radius 3 is 1.80 bits per heavy atom. The first kappa shape index (κ1) is 19.5. The third-order valence-corrected chi connectivity index (χ3v) is 2.37. The van der Waals surface area contributed by atoms with Crippen LogP contribution in [0.1, 0.15) is 0 Å². The molecule has 0 aliphatic heterocycles. The average molecular weight is 355 g/mol. The normalized spacial score (nSPS) is 16.2. The minimum Gasteiger partial charge on any atom is -0.750 e. The molecule has 1 atom stereocenters. The molecule has 1 N–H and O–H groups in total. The van der Waals surface area contributed by atoms with Crippen molar-refractivity contribution in [1.82, 2.24) is 0 Å². The van der Waals surface area contributed by atoms with E-state index in [0.717, 1.165) is 0 Å². The van der Waals surface area contributed by atoms with Crippen LogP contribution in [0.5, 0.6) is 0 Å². The molecule has 0 aromatic carbocycles. The Labute approximate surface area is 110 Å². The lowest BCUT2D eigenvalue weighted by Gasteiger charge is -2.31. The van der Waals surface area contributed by atoms with E-state index < -0.39 is 52.7 Å². The van der Waals surface area contributed by atoms with Crippen LogP contribution in [0.4, 0.5) is 26.3 Å². The van der Waals surface area contributed by atoms with E-state index >= 15 is 0 Å². The first-order valence-corrected chi connectivity index (χ1v) is 6.47. The summed E-state index contributed by atoms with van der Waals surface area (Å²) in [6.45, 7) is -5.41. The molecule has 0 saturated heterocycles. The van der Waals surface area contributed by atoms with Gasteiger partial charge in [-0.1, -0.05) is 0 Å². The summed E-state index contributed by atoms with van der Waals surface area (Å²) in [6, 6.07) is 0. The number of rotatable bonds is 8. The smallest absolute Gasteiger partial charge is 0.397 e.